The maximum atomic E-state index is 13.7. The van der Waals surface area contributed by atoms with Crippen molar-refractivity contribution in [3.05, 3.63) is 35.6 Å². The molecular formula is C16H20FN. The van der Waals surface area contributed by atoms with Crippen molar-refractivity contribution in [3.63, 3.8) is 0 Å². The van der Waals surface area contributed by atoms with E-state index < -0.39 is 0 Å². The van der Waals surface area contributed by atoms with Crippen molar-refractivity contribution in [2.45, 2.75) is 38.3 Å². The summed E-state index contributed by atoms with van der Waals surface area (Å²) in [7, 11) is 0. The third kappa shape index (κ3) is 1.48. The fraction of sp³-hybridized carbons (Fsp3) is 0.625. The molecule has 3 fully saturated rings. The highest BCUT2D eigenvalue weighted by molar-refractivity contribution is 5.23. The van der Waals surface area contributed by atoms with Crippen LogP contribution in [0.3, 0.4) is 0 Å². The van der Waals surface area contributed by atoms with E-state index in [0.29, 0.717) is 6.04 Å². The Morgan fingerprint density at radius 3 is 2.50 bits per heavy atom. The Balaban J connectivity index is 1.46. The Morgan fingerprint density at radius 2 is 1.83 bits per heavy atom. The zero-order chi connectivity index (χ0) is 12.3. The van der Waals surface area contributed by atoms with Crippen molar-refractivity contribution in [2.24, 2.45) is 23.7 Å². The highest BCUT2D eigenvalue weighted by Crippen LogP contribution is 2.65. The summed E-state index contributed by atoms with van der Waals surface area (Å²) < 4.78 is 13.7. The minimum atomic E-state index is -0.0775. The van der Waals surface area contributed by atoms with Crippen molar-refractivity contribution in [3.8, 4) is 0 Å². The van der Waals surface area contributed by atoms with Gasteiger partial charge in [0.2, 0.25) is 0 Å². The highest BCUT2D eigenvalue weighted by atomic mass is 19.1. The molecular weight excluding hydrogens is 225 g/mol. The van der Waals surface area contributed by atoms with Crippen LogP contribution >= 0.6 is 0 Å². The molecule has 3 aliphatic rings. The SMILES string of the molecule is CC(NC1C2C3CCC(C3)C12)c1ccccc1F. The summed E-state index contributed by atoms with van der Waals surface area (Å²) in [4.78, 5) is 0. The lowest BCUT2D eigenvalue weighted by atomic mass is 10.0. The molecule has 0 aliphatic heterocycles. The third-order valence-electron chi connectivity index (χ3n) is 5.55. The van der Waals surface area contributed by atoms with Gasteiger partial charge in [-0.3, -0.25) is 0 Å². The molecule has 1 aromatic rings. The molecule has 5 atom stereocenters. The van der Waals surface area contributed by atoms with E-state index in [0.717, 1.165) is 29.2 Å². The largest absolute Gasteiger partial charge is 0.307 e. The summed E-state index contributed by atoms with van der Waals surface area (Å²) in [5.74, 6) is 3.71. The molecule has 0 spiro atoms. The van der Waals surface area contributed by atoms with Gasteiger partial charge in [0, 0.05) is 17.6 Å². The molecule has 0 heterocycles. The Hall–Kier alpha value is -0.890. The number of benzene rings is 1. The van der Waals surface area contributed by atoms with Crippen molar-refractivity contribution in [1.82, 2.24) is 5.32 Å². The van der Waals surface area contributed by atoms with Gasteiger partial charge in [0.05, 0.1) is 0 Å². The monoisotopic (exact) mass is 245 g/mol. The number of hydrogen-bond acceptors (Lipinski definition) is 1. The Bertz CT molecular complexity index is 456. The van der Waals surface area contributed by atoms with Gasteiger partial charge >= 0.3 is 0 Å². The van der Waals surface area contributed by atoms with Gasteiger partial charge in [-0.05, 0) is 55.9 Å². The van der Waals surface area contributed by atoms with Gasteiger partial charge in [-0.1, -0.05) is 18.2 Å². The van der Waals surface area contributed by atoms with Crippen molar-refractivity contribution in [2.75, 3.05) is 0 Å². The van der Waals surface area contributed by atoms with Crippen LogP contribution < -0.4 is 5.32 Å². The van der Waals surface area contributed by atoms with Gasteiger partial charge in [0.25, 0.3) is 0 Å². The first kappa shape index (κ1) is 11.0. The topological polar surface area (TPSA) is 12.0 Å². The van der Waals surface area contributed by atoms with Gasteiger partial charge < -0.3 is 5.32 Å². The van der Waals surface area contributed by atoms with E-state index in [2.05, 4.69) is 12.2 Å². The van der Waals surface area contributed by atoms with E-state index in [1.54, 1.807) is 12.1 Å². The second kappa shape index (κ2) is 3.80. The molecule has 0 saturated heterocycles. The lowest BCUT2D eigenvalue weighted by Gasteiger charge is -2.17. The number of nitrogens with one attached hydrogen (secondary N) is 1. The molecule has 2 bridgehead atoms. The molecule has 18 heavy (non-hydrogen) atoms. The molecule has 0 radical (unpaired) electrons. The summed E-state index contributed by atoms with van der Waals surface area (Å²) in [6, 6.07) is 7.96. The predicted octanol–water partition coefficient (Wildman–Crippen LogP) is 3.52. The number of halogens is 1. The minimum Gasteiger partial charge on any atom is -0.307 e. The molecule has 0 aromatic heterocycles. The van der Waals surface area contributed by atoms with Crippen LogP contribution in [0.5, 0.6) is 0 Å². The molecule has 4 rings (SSSR count). The first-order valence-corrected chi connectivity index (χ1v) is 7.26. The van der Waals surface area contributed by atoms with Crippen LogP contribution in [0.4, 0.5) is 4.39 Å². The first-order valence-electron chi connectivity index (χ1n) is 7.26. The molecule has 1 aromatic carbocycles. The summed E-state index contributed by atoms with van der Waals surface area (Å²) in [5.41, 5.74) is 0.815. The van der Waals surface area contributed by atoms with E-state index in [1.165, 1.54) is 19.3 Å². The normalized spacial score (nSPS) is 41.8. The van der Waals surface area contributed by atoms with Gasteiger partial charge in [0.15, 0.2) is 0 Å². The highest BCUT2D eigenvalue weighted by Gasteiger charge is 2.64. The Morgan fingerprint density at radius 1 is 1.17 bits per heavy atom. The van der Waals surface area contributed by atoms with Gasteiger partial charge in [-0.15, -0.1) is 0 Å². The fourth-order valence-electron chi connectivity index (χ4n) is 4.75. The molecule has 96 valence electrons. The predicted molar refractivity (Wildman–Crippen MR) is 69.5 cm³/mol. The number of rotatable bonds is 3. The minimum absolute atomic E-state index is 0.0775. The summed E-state index contributed by atoms with van der Waals surface area (Å²) >= 11 is 0. The van der Waals surface area contributed by atoms with E-state index in [-0.39, 0.29) is 11.9 Å². The van der Waals surface area contributed by atoms with E-state index in [1.807, 2.05) is 12.1 Å². The van der Waals surface area contributed by atoms with E-state index in [4.69, 9.17) is 0 Å². The molecule has 3 aliphatic carbocycles. The standard InChI is InChI=1S/C16H20FN/c1-9(12-4-2-3-5-13(12)17)18-16-14-10-6-7-11(8-10)15(14)16/h2-5,9-11,14-16,18H,6-8H2,1H3. The van der Waals surface area contributed by atoms with Crippen LogP contribution in [-0.2, 0) is 0 Å². The quantitative estimate of drug-likeness (QED) is 0.859. The lowest BCUT2D eigenvalue weighted by Crippen LogP contribution is -2.26. The van der Waals surface area contributed by atoms with Crippen molar-refractivity contribution in [1.29, 1.82) is 0 Å². The molecule has 1 N–H and O–H groups in total. The van der Waals surface area contributed by atoms with Crippen LogP contribution in [0.15, 0.2) is 24.3 Å². The van der Waals surface area contributed by atoms with Crippen LogP contribution in [0.25, 0.3) is 0 Å². The molecule has 3 saturated carbocycles. The number of fused-ring (bicyclic) bond motifs is 5. The van der Waals surface area contributed by atoms with Crippen LogP contribution in [-0.4, -0.2) is 6.04 Å². The summed E-state index contributed by atoms with van der Waals surface area (Å²) in [6.45, 7) is 2.09. The Kier molecular flexibility index (Phi) is 2.32. The van der Waals surface area contributed by atoms with Crippen LogP contribution in [0, 0.1) is 29.5 Å². The second-order valence-electron chi connectivity index (χ2n) is 6.42. The molecule has 1 nitrogen and oxygen atoms in total. The molecule has 2 heteroatoms. The summed E-state index contributed by atoms with van der Waals surface area (Å²) in [6.07, 6.45) is 4.36. The first-order chi connectivity index (χ1) is 8.75. The second-order valence-corrected chi connectivity index (χ2v) is 6.42. The lowest BCUT2D eigenvalue weighted by molar-refractivity contribution is 0.426. The van der Waals surface area contributed by atoms with Crippen molar-refractivity contribution < 1.29 is 4.39 Å². The summed E-state index contributed by atoms with van der Waals surface area (Å²) in [5, 5.41) is 3.67. The maximum absolute atomic E-state index is 13.7. The maximum Gasteiger partial charge on any atom is 0.127 e. The van der Waals surface area contributed by atoms with E-state index >= 15 is 0 Å². The smallest absolute Gasteiger partial charge is 0.127 e. The van der Waals surface area contributed by atoms with Gasteiger partial charge in [-0.25, -0.2) is 4.39 Å². The zero-order valence-corrected chi connectivity index (χ0v) is 10.8. The average molecular weight is 245 g/mol. The van der Waals surface area contributed by atoms with Crippen molar-refractivity contribution >= 4 is 0 Å². The van der Waals surface area contributed by atoms with Gasteiger partial charge in [-0.2, -0.15) is 0 Å². The van der Waals surface area contributed by atoms with Crippen LogP contribution in [0.2, 0.25) is 0 Å². The van der Waals surface area contributed by atoms with E-state index in [9.17, 15) is 4.39 Å². The zero-order valence-electron chi connectivity index (χ0n) is 10.8. The fourth-order valence-corrected chi connectivity index (χ4v) is 4.75. The average Bonchev–Trinajstić information content (AvgIpc) is 2.77. The third-order valence-corrected chi connectivity index (χ3v) is 5.55. The Labute approximate surface area is 108 Å². The van der Waals surface area contributed by atoms with Gasteiger partial charge in [0.1, 0.15) is 5.82 Å². The molecule has 5 unspecified atom stereocenters. The molecule has 0 amide bonds. The van der Waals surface area contributed by atoms with Crippen LogP contribution in [0.1, 0.15) is 37.8 Å². The number of hydrogen-bond donors (Lipinski definition) is 1.